The molecule has 0 aliphatic rings. The molecule has 1 unspecified atom stereocenters. The molecule has 1 aromatic heterocycles. The molecule has 2 aromatic rings. The summed E-state index contributed by atoms with van der Waals surface area (Å²) in [6.07, 6.45) is -0.541. The normalized spacial score (nSPS) is 12.7. The zero-order valence-corrected chi connectivity index (χ0v) is 12.2. The summed E-state index contributed by atoms with van der Waals surface area (Å²) in [6.45, 7) is 0. The van der Waals surface area contributed by atoms with E-state index in [0.717, 1.165) is 19.2 Å². The van der Waals surface area contributed by atoms with E-state index in [1.165, 1.54) is 0 Å². The van der Waals surface area contributed by atoms with Gasteiger partial charge < -0.3 is 5.11 Å². The van der Waals surface area contributed by atoms with Gasteiger partial charge in [0.1, 0.15) is 6.10 Å². The Morgan fingerprint density at radius 2 is 2.13 bits per heavy atom. The molecule has 1 atom stereocenters. The van der Waals surface area contributed by atoms with Crippen LogP contribution in [0.1, 0.15) is 17.2 Å². The standard InChI is InChI=1S/C11H8BrIOS/c12-10-6-15-5-9(10)11(14)7-2-1-3-8(13)4-7/h1-6,11,14H. The number of aliphatic hydroxyl groups excluding tert-OH is 1. The van der Waals surface area contributed by atoms with Crippen LogP contribution in [0.25, 0.3) is 0 Å². The molecule has 0 aliphatic heterocycles. The van der Waals surface area contributed by atoms with Crippen molar-refractivity contribution in [3.8, 4) is 0 Å². The summed E-state index contributed by atoms with van der Waals surface area (Å²) >= 11 is 7.26. The van der Waals surface area contributed by atoms with Crippen molar-refractivity contribution < 1.29 is 5.11 Å². The number of hydrogen-bond acceptors (Lipinski definition) is 2. The summed E-state index contributed by atoms with van der Waals surface area (Å²) in [6, 6.07) is 7.91. The maximum absolute atomic E-state index is 10.2. The van der Waals surface area contributed by atoms with Gasteiger partial charge in [-0.05, 0) is 61.6 Å². The van der Waals surface area contributed by atoms with E-state index >= 15 is 0 Å². The van der Waals surface area contributed by atoms with Crippen LogP contribution in [0.2, 0.25) is 0 Å². The molecule has 0 saturated heterocycles. The lowest BCUT2D eigenvalue weighted by Gasteiger charge is -2.10. The van der Waals surface area contributed by atoms with Crippen LogP contribution in [0.4, 0.5) is 0 Å². The Hall–Kier alpha value is 0.0900. The van der Waals surface area contributed by atoms with Gasteiger partial charge in [0.25, 0.3) is 0 Å². The minimum Gasteiger partial charge on any atom is -0.384 e. The Labute approximate surface area is 114 Å². The molecular weight excluding hydrogens is 387 g/mol. The molecule has 0 radical (unpaired) electrons. The van der Waals surface area contributed by atoms with Crippen LogP contribution in [0.3, 0.4) is 0 Å². The van der Waals surface area contributed by atoms with Crippen molar-refractivity contribution in [1.82, 2.24) is 0 Å². The molecule has 0 saturated carbocycles. The zero-order chi connectivity index (χ0) is 10.8. The fourth-order valence-electron chi connectivity index (χ4n) is 1.34. The zero-order valence-electron chi connectivity index (χ0n) is 7.65. The monoisotopic (exact) mass is 394 g/mol. The Balaban J connectivity index is 2.36. The summed E-state index contributed by atoms with van der Waals surface area (Å²) in [7, 11) is 0. The second kappa shape index (κ2) is 4.95. The molecule has 1 aromatic carbocycles. The highest BCUT2D eigenvalue weighted by molar-refractivity contribution is 14.1. The van der Waals surface area contributed by atoms with Crippen molar-refractivity contribution >= 4 is 49.9 Å². The minimum absolute atomic E-state index is 0.541. The Kier molecular flexibility index (Phi) is 3.82. The van der Waals surface area contributed by atoms with Crippen molar-refractivity contribution in [1.29, 1.82) is 0 Å². The first-order valence-electron chi connectivity index (χ1n) is 4.33. The highest BCUT2D eigenvalue weighted by Crippen LogP contribution is 2.31. The summed E-state index contributed by atoms with van der Waals surface area (Å²) in [5, 5.41) is 14.1. The molecule has 0 bridgehead atoms. The molecule has 1 N–H and O–H groups in total. The number of benzene rings is 1. The fourth-order valence-corrected chi connectivity index (χ4v) is 3.44. The SMILES string of the molecule is OC(c1cccc(I)c1)c1cscc1Br. The van der Waals surface area contributed by atoms with Gasteiger partial charge in [0.05, 0.1) is 0 Å². The van der Waals surface area contributed by atoms with Crippen LogP contribution >= 0.6 is 49.9 Å². The first-order valence-corrected chi connectivity index (χ1v) is 7.15. The van der Waals surface area contributed by atoms with Gasteiger partial charge in [-0.3, -0.25) is 0 Å². The number of thiophene rings is 1. The predicted octanol–water partition coefficient (Wildman–Crippen LogP) is 4.20. The third-order valence-corrected chi connectivity index (χ3v) is 4.52. The molecule has 0 aliphatic carbocycles. The van der Waals surface area contributed by atoms with Gasteiger partial charge in [-0.25, -0.2) is 0 Å². The predicted molar refractivity (Wildman–Crippen MR) is 75.2 cm³/mol. The van der Waals surface area contributed by atoms with Crippen molar-refractivity contribution in [3.05, 3.63) is 54.2 Å². The molecule has 1 nitrogen and oxygen atoms in total. The first kappa shape index (κ1) is 11.6. The van der Waals surface area contributed by atoms with Gasteiger partial charge in [0.15, 0.2) is 0 Å². The van der Waals surface area contributed by atoms with E-state index in [2.05, 4.69) is 38.5 Å². The van der Waals surface area contributed by atoms with Crippen molar-refractivity contribution in [2.75, 3.05) is 0 Å². The summed E-state index contributed by atoms with van der Waals surface area (Å²) < 4.78 is 2.11. The lowest BCUT2D eigenvalue weighted by Crippen LogP contribution is -1.98. The van der Waals surface area contributed by atoms with E-state index in [1.54, 1.807) is 11.3 Å². The van der Waals surface area contributed by atoms with Crippen LogP contribution in [0.5, 0.6) is 0 Å². The lowest BCUT2D eigenvalue weighted by atomic mass is 10.1. The average molecular weight is 395 g/mol. The largest absolute Gasteiger partial charge is 0.384 e. The Bertz CT molecular complexity index is 469. The summed E-state index contributed by atoms with van der Waals surface area (Å²) in [5.74, 6) is 0. The van der Waals surface area contributed by atoms with E-state index < -0.39 is 6.10 Å². The van der Waals surface area contributed by atoms with Gasteiger partial charge in [0.2, 0.25) is 0 Å². The molecule has 2 rings (SSSR count). The smallest absolute Gasteiger partial charge is 0.106 e. The molecule has 0 fully saturated rings. The van der Waals surface area contributed by atoms with Crippen molar-refractivity contribution in [3.63, 3.8) is 0 Å². The van der Waals surface area contributed by atoms with Gasteiger partial charge in [-0.1, -0.05) is 12.1 Å². The third-order valence-electron chi connectivity index (χ3n) is 2.10. The second-order valence-corrected chi connectivity index (χ2v) is 5.98. The van der Waals surface area contributed by atoms with E-state index in [9.17, 15) is 5.11 Å². The quantitative estimate of drug-likeness (QED) is 0.757. The Morgan fingerprint density at radius 1 is 1.33 bits per heavy atom. The molecule has 78 valence electrons. The number of halogens is 2. The van der Waals surface area contributed by atoms with Gasteiger partial charge >= 0.3 is 0 Å². The molecule has 0 amide bonds. The van der Waals surface area contributed by atoms with Crippen LogP contribution in [0.15, 0.2) is 39.5 Å². The molecular formula is C11H8BrIOS. The molecule has 0 spiro atoms. The maximum atomic E-state index is 10.2. The van der Waals surface area contributed by atoms with Crippen LogP contribution in [-0.4, -0.2) is 5.11 Å². The number of rotatable bonds is 2. The number of aliphatic hydroxyl groups is 1. The highest BCUT2D eigenvalue weighted by Gasteiger charge is 2.14. The van der Waals surface area contributed by atoms with E-state index in [4.69, 9.17) is 0 Å². The minimum atomic E-state index is -0.541. The molecule has 15 heavy (non-hydrogen) atoms. The topological polar surface area (TPSA) is 20.2 Å². The first-order chi connectivity index (χ1) is 7.18. The van der Waals surface area contributed by atoms with E-state index in [1.807, 2.05) is 35.0 Å². The molecule has 4 heteroatoms. The lowest BCUT2D eigenvalue weighted by molar-refractivity contribution is 0.220. The average Bonchev–Trinajstić information content (AvgIpc) is 2.63. The van der Waals surface area contributed by atoms with Gasteiger partial charge in [0, 0.05) is 19.0 Å². The van der Waals surface area contributed by atoms with Crippen molar-refractivity contribution in [2.24, 2.45) is 0 Å². The molecule has 1 heterocycles. The maximum Gasteiger partial charge on any atom is 0.106 e. The van der Waals surface area contributed by atoms with Crippen LogP contribution in [-0.2, 0) is 0 Å². The van der Waals surface area contributed by atoms with Crippen LogP contribution in [0, 0.1) is 3.57 Å². The van der Waals surface area contributed by atoms with Gasteiger partial charge in [-0.2, -0.15) is 11.3 Å². The second-order valence-electron chi connectivity index (χ2n) is 3.13. The van der Waals surface area contributed by atoms with Crippen molar-refractivity contribution in [2.45, 2.75) is 6.10 Å². The van der Waals surface area contributed by atoms with E-state index in [-0.39, 0.29) is 0 Å². The summed E-state index contributed by atoms with van der Waals surface area (Å²) in [5.41, 5.74) is 1.86. The number of hydrogen-bond donors (Lipinski definition) is 1. The van der Waals surface area contributed by atoms with E-state index in [0.29, 0.717) is 0 Å². The summed E-state index contributed by atoms with van der Waals surface area (Å²) in [4.78, 5) is 0. The Morgan fingerprint density at radius 3 is 2.73 bits per heavy atom. The van der Waals surface area contributed by atoms with Crippen LogP contribution < -0.4 is 0 Å². The fraction of sp³-hybridized carbons (Fsp3) is 0.0909. The third kappa shape index (κ3) is 2.61. The highest BCUT2D eigenvalue weighted by atomic mass is 127. The van der Waals surface area contributed by atoms with Gasteiger partial charge in [-0.15, -0.1) is 0 Å².